The summed E-state index contributed by atoms with van der Waals surface area (Å²) in [6.07, 6.45) is 0. The van der Waals surface area contributed by atoms with Gasteiger partial charge < -0.3 is 10.2 Å². The van der Waals surface area contributed by atoms with E-state index in [0.717, 1.165) is 0 Å². The van der Waals surface area contributed by atoms with Crippen molar-refractivity contribution in [3.8, 4) is 11.5 Å². The lowest BCUT2D eigenvalue weighted by Gasteiger charge is -1.98. The lowest BCUT2D eigenvalue weighted by Crippen LogP contribution is -1.90. The molecule has 3 nitrogen and oxygen atoms in total. The maximum atomic E-state index is 13.1. The standard InChI is InChI=1S/C13H7Cl2FN2O/c14-7-4-8(15)12-11(5-7)18-13(19-12)6-1-2-9(16)10(17)3-6/h1-5H,17H2. The van der Waals surface area contributed by atoms with Crippen molar-refractivity contribution < 1.29 is 8.81 Å². The number of hydrogen-bond donors (Lipinski definition) is 1. The third-order valence-electron chi connectivity index (χ3n) is 2.65. The van der Waals surface area contributed by atoms with Crippen LogP contribution in [0.2, 0.25) is 10.0 Å². The number of anilines is 1. The van der Waals surface area contributed by atoms with Gasteiger partial charge in [-0.25, -0.2) is 9.37 Å². The zero-order chi connectivity index (χ0) is 13.6. The van der Waals surface area contributed by atoms with Gasteiger partial charge in [0.25, 0.3) is 0 Å². The molecular weight excluding hydrogens is 290 g/mol. The molecule has 0 bridgehead atoms. The normalized spacial score (nSPS) is 11.1. The fourth-order valence-corrected chi connectivity index (χ4v) is 2.28. The molecule has 0 unspecified atom stereocenters. The molecular formula is C13H7Cl2FN2O. The second-order valence-electron chi connectivity index (χ2n) is 3.99. The van der Waals surface area contributed by atoms with Gasteiger partial charge in [0.15, 0.2) is 5.58 Å². The second-order valence-corrected chi connectivity index (χ2v) is 4.83. The van der Waals surface area contributed by atoms with Gasteiger partial charge in [0.05, 0.1) is 10.7 Å². The van der Waals surface area contributed by atoms with Crippen molar-refractivity contribution in [3.05, 3.63) is 46.2 Å². The number of benzene rings is 2. The molecule has 0 saturated heterocycles. The highest BCUT2D eigenvalue weighted by molar-refractivity contribution is 6.38. The number of nitrogens with two attached hydrogens (primary N) is 1. The second kappa shape index (κ2) is 4.40. The van der Waals surface area contributed by atoms with Gasteiger partial charge >= 0.3 is 0 Å². The first-order valence-corrected chi connectivity index (χ1v) is 6.11. The Kier molecular flexibility index (Phi) is 2.84. The topological polar surface area (TPSA) is 52.0 Å². The van der Waals surface area contributed by atoms with Crippen LogP contribution in [0.25, 0.3) is 22.6 Å². The molecule has 0 atom stereocenters. The molecule has 0 fully saturated rings. The van der Waals surface area contributed by atoms with Crippen LogP contribution in [0.3, 0.4) is 0 Å². The lowest BCUT2D eigenvalue weighted by molar-refractivity contribution is 0.617. The Hall–Kier alpha value is -1.78. The molecule has 96 valence electrons. The van der Waals surface area contributed by atoms with Crippen LogP contribution in [0, 0.1) is 5.82 Å². The monoisotopic (exact) mass is 296 g/mol. The van der Waals surface area contributed by atoms with E-state index >= 15 is 0 Å². The number of fused-ring (bicyclic) bond motifs is 1. The first-order valence-electron chi connectivity index (χ1n) is 5.35. The Bertz CT molecular complexity index is 786. The van der Waals surface area contributed by atoms with Crippen LogP contribution in [0.15, 0.2) is 34.7 Å². The molecule has 2 aromatic carbocycles. The number of oxazole rings is 1. The van der Waals surface area contributed by atoms with Gasteiger partial charge in [-0.2, -0.15) is 0 Å². The molecule has 0 aliphatic heterocycles. The maximum Gasteiger partial charge on any atom is 0.227 e. The molecule has 2 N–H and O–H groups in total. The molecule has 0 aliphatic carbocycles. The maximum absolute atomic E-state index is 13.1. The molecule has 0 spiro atoms. The number of nitrogen functional groups attached to an aromatic ring is 1. The Morgan fingerprint density at radius 2 is 1.95 bits per heavy atom. The summed E-state index contributed by atoms with van der Waals surface area (Å²) in [4.78, 5) is 4.26. The number of aromatic nitrogens is 1. The van der Waals surface area contributed by atoms with E-state index in [0.29, 0.717) is 32.6 Å². The summed E-state index contributed by atoms with van der Waals surface area (Å²) >= 11 is 11.9. The van der Waals surface area contributed by atoms with Crippen molar-refractivity contribution in [2.24, 2.45) is 0 Å². The van der Waals surface area contributed by atoms with Crippen molar-refractivity contribution in [2.75, 3.05) is 5.73 Å². The number of halogens is 3. The van der Waals surface area contributed by atoms with Gasteiger partial charge in [-0.05, 0) is 30.3 Å². The molecule has 1 aromatic heterocycles. The molecule has 19 heavy (non-hydrogen) atoms. The average molecular weight is 297 g/mol. The SMILES string of the molecule is Nc1cc(-c2nc3cc(Cl)cc(Cl)c3o2)ccc1F. The first-order chi connectivity index (χ1) is 9.04. The minimum absolute atomic E-state index is 0.0314. The Labute approximate surface area is 117 Å². The van der Waals surface area contributed by atoms with E-state index < -0.39 is 5.82 Å². The largest absolute Gasteiger partial charge is 0.435 e. The summed E-state index contributed by atoms with van der Waals surface area (Å²) in [5, 5.41) is 0.840. The fourth-order valence-electron chi connectivity index (χ4n) is 1.76. The van der Waals surface area contributed by atoms with Crippen LogP contribution >= 0.6 is 23.2 Å². The Morgan fingerprint density at radius 3 is 2.68 bits per heavy atom. The summed E-state index contributed by atoms with van der Waals surface area (Å²) in [5.74, 6) is -0.174. The van der Waals surface area contributed by atoms with E-state index in [1.54, 1.807) is 12.1 Å². The molecule has 0 radical (unpaired) electrons. The molecule has 0 aliphatic rings. The van der Waals surface area contributed by atoms with Gasteiger partial charge in [0.2, 0.25) is 5.89 Å². The summed E-state index contributed by atoms with van der Waals surface area (Å²) in [6.45, 7) is 0. The van der Waals surface area contributed by atoms with Gasteiger partial charge in [0.1, 0.15) is 11.3 Å². The predicted molar refractivity (Wildman–Crippen MR) is 73.8 cm³/mol. The first kappa shape index (κ1) is 12.3. The number of rotatable bonds is 1. The molecule has 6 heteroatoms. The molecule has 0 amide bonds. The lowest BCUT2D eigenvalue weighted by atomic mass is 10.2. The van der Waals surface area contributed by atoms with Crippen molar-refractivity contribution in [3.63, 3.8) is 0 Å². The van der Waals surface area contributed by atoms with E-state index in [1.165, 1.54) is 18.2 Å². The predicted octanol–water partition coefficient (Wildman–Crippen LogP) is 4.52. The van der Waals surface area contributed by atoms with Crippen LogP contribution in [0.1, 0.15) is 0 Å². The number of nitrogens with zero attached hydrogens (tertiary/aromatic N) is 1. The zero-order valence-electron chi connectivity index (χ0n) is 9.45. The van der Waals surface area contributed by atoms with E-state index in [2.05, 4.69) is 4.98 Å². The minimum Gasteiger partial charge on any atom is -0.435 e. The quantitative estimate of drug-likeness (QED) is 0.672. The zero-order valence-corrected chi connectivity index (χ0v) is 11.0. The van der Waals surface area contributed by atoms with E-state index in [-0.39, 0.29) is 5.69 Å². The fraction of sp³-hybridized carbons (Fsp3) is 0. The summed E-state index contributed by atoms with van der Waals surface area (Å²) < 4.78 is 18.7. The summed E-state index contributed by atoms with van der Waals surface area (Å²) in [7, 11) is 0. The Balaban J connectivity index is 2.20. The van der Waals surface area contributed by atoms with Crippen molar-refractivity contribution >= 4 is 40.0 Å². The summed E-state index contributed by atoms with van der Waals surface area (Å²) in [6, 6.07) is 7.46. The molecule has 1 heterocycles. The highest BCUT2D eigenvalue weighted by Gasteiger charge is 2.13. The number of hydrogen-bond acceptors (Lipinski definition) is 3. The molecule has 3 aromatic rings. The third-order valence-corrected chi connectivity index (χ3v) is 3.15. The summed E-state index contributed by atoms with van der Waals surface area (Å²) in [5.41, 5.74) is 7.09. The highest BCUT2D eigenvalue weighted by atomic mass is 35.5. The Morgan fingerprint density at radius 1 is 1.16 bits per heavy atom. The van der Waals surface area contributed by atoms with E-state index in [4.69, 9.17) is 33.4 Å². The van der Waals surface area contributed by atoms with Crippen molar-refractivity contribution in [1.82, 2.24) is 4.98 Å². The van der Waals surface area contributed by atoms with Gasteiger partial charge in [-0.15, -0.1) is 0 Å². The van der Waals surface area contributed by atoms with Gasteiger partial charge in [-0.3, -0.25) is 0 Å². The minimum atomic E-state index is -0.485. The van der Waals surface area contributed by atoms with E-state index in [9.17, 15) is 4.39 Å². The third kappa shape index (κ3) is 2.13. The van der Waals surface area contributed by atoms with Crippen LogP contribution in [0.4, 0.5) is 10.1 Å². The van der Waals surface area contributed by atoms with Crippen molar-refractivity contribution in [2.45, 2.75) is 0 Å². The van der Waals surface area contributed by atoms with Crippen LogP contribution in [0.5, 0.6) is 0 Å². The van der Waals surface area contributed by atoms with Gasteiger partial charge in [-0.1, -0.05) is 23.2 Å². The van der Waals surface area contributed by atoms with Crippen LogP contribution in [-0.2, 0) is 0 Å². The van der Waals surface area contributed by atoms with Crippen molar-refractivity contribution in [1.29, 1.82) is 0 Å². The highest BCUT2D eigenvalue weighted by Crippen LogP contribution is 2.32. The van der Waals surface area contributed by atoms with Crippen LogP contribution < -0.4 is 5.73 Å². The van der Waals surface area contributed by atoms with E-state index in [1.807, 2.05) is 0 Å². The molecule has 0 saturated carbocycles. The van der Waals surface area contributed by atoms with Crippen LogP contribution in [-0.4, -0.2) is 4.98 Å². The smallest absolute Gasteiger partial charge is 0.227 e. The van der Waals surface area contributed by atoms with Gasteiger partial charge in [0, 0.05) is 10.6 Å². The average Bonchev–Trinajstić information content (AvgIpc) is 2.76. The molecule has 3 rings (SSSR count).